The van der Waals surface area contributed by atoms with E-state index in [4.69, 9.17) is 4.98 Å². The van der Waals surface area contributed by atoms with Crippen LogP contribution in [0.1, 0.15) is 0 Å². The highest BCUT2D eigenvalue weighted by Crippen LogP contribution is 2.45. The maximum Gasteiger partial charge on any atom is 0.0950 e. The first-order valence-electron chi connectivity index (χ1n) is 21.1. The predicted molar refractivity (Wildman–Crippen MR) is 264 cm³/mol. The van der Waals surface area contributed by atoms with Crippen molar-refractivity contribution in [1.29, 1.82) is 0 Å². The summed E-state index contributed by atoms with van der Waals surface area (Å²) in [6.07, 6.45) is 0. The molecule has 0 unspecified atom stereocenters. The van der Waals surface area contributed by atoms with E-state index >= 15 is 0 Å². The average Bonchev–Trinajstić information content (AvgIpc) is 3.90. The largest absolute Gasteiger partial charge is 0.307 e. The third-order valence-corrected chi connectivity index (χ3v) is 13.3. The minimum atomic E-state index is 0.916. The summed E-state index contributed by atoms with van der Waals surface area (Å²) in [7, 11) is 0. The second-order valence-corrected chi connectivity index (χ2v) is 17.0. The maximum atomic E-state index is 5.77. The molecule has 12 aromatic rings. The third kappa shape index (κ3) is 6.13. The molecule has 0 aliphatic carbocycles. The summed E-state index contributed by atoms with van der Waals surface area (Å²) in [5, 5.41) is 5.12. The lowest BCUT2D eigenvalue weighted by Gasteiger charge is -2.18. The molecule has 3 heteroatoms. The lowest BCUT2D eigenvalue weighted by molar-refractivity contribution is 1.15. The van der Waals surface area contributed by atoms with Gasteiger partial charge < -0.3 is 4.57 Å². The van der Waals surface area contributed by atoms with Crippen LogP contribution in [0.4, 0.5) is 0 Å². The molecular formula is C59H38N2S. The first-order valence-corrected chi connectivity index (χ1v) is 21.9. The Kier molecular flexibility index (Phi) is 8.72. The topological polar surface area (TPSA) is 17.8 Å². The number of pyridine rings is 1. The van der Waals surface area contributed by atoms with Crippen LogP contribution in [0.5, 0.6) is 0 Å². The van der Waals surface area contributed by atoms with E-state index in [-0.39, 0.29) is 0 Å². The average molecular weight is 807 g/mol. The van der Waals surface area contributed by atoms with Crippen LogP contribution in [-0.4, -0.2) is 9.55 Å². The van der Waals surface area contributed by atoms with Crippen molar-refractivity contribution in [3.8, 4) is 72.7 Å². The van der Waals surface area contributed by atoms with Gasteiger partial charge in [-0.2, -0.15) is 0 Å². The zero-order valence-electron chi connectivity index (χ0n) is 33.7. The zero-order valence-corrected chi connectivity index (χ0v) is 34.6. The summed E-state index contributed by atoms with van der Waals surface area (Å²) < 4.78 is 5.05. The van der Waals surface area contributed by atoms with Crippen molar-refractivity contribution in [2.24, 2.45) is 0 Å². The molecule has 0 N–H and O–H groups in total. The summed E-state index contributed by atoms with van der Waals surface area (Å²) in [4.78, 5) is 5.77. The van der Waals surface area contributed by atoms with Gasteiger partial charge >= 0.3 is 0 Å². The van der Waals surface area contributed by atoms with Gasteiger partial charge in [0.2, 0.25) is 0 Å². The van der Waals surface area contributed by atoms with Crippen LogP contribution in [0.15, 0.2) is 231 Å². The number of rotatable bonds is 7. The third-order valence-electron chi connectivity index (χ3n) is 12.2. The van der Waals surface area contributed by atoms with Gasteiger partial charge in [0.25, 0.3) is 0 Å². The molecule has 0 amide bonds. The van der Waals surface area contributed by atoms with Crippen LogP contribution in [0.25, 0.3) is 115 Å². The van der Waals surface area contributed by atoms with E-state index in [2.05, 4.69) is 235 Å². The Bertz CT molecular complexity index is 3550. The van der Waals surface area contributed by atoms with Gasteiger partial charge in [0.15, 0.2) is 0 Å². The first-order chi connectivity index (χ1) is 30.7. The second-order valence-electron chi connectivity index (χ2n) is 15.9. The van der Waals surface area contributed by atoms with Crippen molar-refractivity contribution < 1.29 is 0 Å². The summed E-state index contributed by atoms with van der Waals surface area (Å²) in [6, 6.07) is 83.4. The SMILES string of the molecule is c1ccc(-c2cc(-c3ccccc3)cc(-c3nc(-c4ccc(-c5ccccc5)c(-c5ccccc5)c4)ccc3-n3c4ccccc4c4c5c(ccc43)sc3ccccc35)c2)cc1. The monoisotopic (exact) mass is 806 g/mol. The highest BCUT2D eigenvalue weighted by Gasteiger charge is 2.22. The van der Waals surface area contributed by atoms with Crippen LogP contribution in [0.2, 0.25) is 0 Å². The Morgan fingerprint density at radius 1 is 0.323 bits per heavy atom. The van der Waals surface area contributed by atoms with Crippen LogP contribution >= 0.6 is 11.3 Å². The highest BCUT2D eigenvalue weighted by molar-refractivity contribution is 7.26. The molecule has 9 aromatic carbocycles. The fourth-order valence-corrected chi connectivity index (χ4v) is 10.4. The summed E-state index contributed by atoms with van der Waals surface area (Å²) in [5.41, 5.74) is 16.7. The number of hydrogen-bond acceptors (Lipinski definition) is 2. The number of benzene rings is 9. The van der Waals surface area contributed by atoms with E-state index in [9.17, 15) is 0 Å². The minimum absolute atomic E-state index is 0.916. The van der Waals surface area contributed by atoms with Crippen molar-refractivity contribution >= 4 is 53.3 Å². The molecule has 12 rings (SSSR count). The number of fused-ring (bicyclic) bond motifs is 7. The van der Waals surface area contributed by atoms with Crippen LogP contribution in [0.3, 0.4) is 0 Å². The Hall–Kier alpha value is -7.85. The van der Waals surface area contributed by atoms with Gasteiger partial charge in [0.1, 0.15) is 0 Å². The first kappa shape index (κ1) is 36.0. The van der Waals surface area contributed by atoms with E-state index in [1.54, 1.807) is 0 Å². The molecular weight excluding hydrogens is 769 g/mol. The number of nitrogens with zero attached hydrogens (tertiary/aromatic N) is 2. The van der Waals surface area contributed by atoms with Crippen LogP contribution in [-0.2, 0) is 0 Å². The number of thiophene rings is 1. The number of hydrogen-bond donors (Lipinski definition) is 0. The molecule has 2 nitrogen and oxygen atoms in total. The fraction of sp³-hybridized carbons (Fsp3) is 0. The molecule has 0 aliphatic heterocycles. The van der Waals surface area contributed by atoms with Crippen molar-refractivity contribution in [2.45, 2.75) is 0 Å². The minimum Gasteiger partial charge on any atom is -0.307 e. The van der Waals surface area contributed by atoms with E-state index in [0.717, 1.165) is 56.0 Å². The molecule has 3 aromatic heterocycles. The second kappa shape index (κ2) is 15.0. The Morgan fingerprint density at radius 3 is 1.56 bits per heavy atom. The van der Waals surface area contributed by atoms with Crippen molar-refractivity contribution in [2.75, 3.05) is 0 Å². The molecule has 0 saturated carbocycles. The van der Waals surface area contributed by atoms with E-state index in [1.165, 1.54) is 58.7 Å². The highest BCUT2D eigenvalue weighted by atomic mass is 32.1. The molecule has 0 saturated heterocycles. The molecule has 0 radical (unpaired) electrons. The van der Waals surface area contributed by atoms with Gasteiger partial charge in [-0.3, -0.25) is 0 Å². The Labute approximate surface area is 364 Å². The molecule has 0 spiro atoms. The van der Waals surface area contributed by atoms with Crippen molar-refractivity contribution in [3.63, 3.8) is 0 Å². The summed E-state index contributed by atoms with van der Waals surface area (Å²) in [5.74, 6) is 0. The smallest absolute Gasteiger partial charge is 0.0950 e. The van der Waals surface area contributed by atoms with E-state index < -0.39 is 0 Å². The maximum absolute atomic E-state index is 5.77. The lowest BCUT2D eigenvalue weighted by Crippen LogP contribution is -2.01. The van der Waals surface area contributed by atoms with E-state index in [0.29, 0.717) is 0 Å². The quantitative estimate of drug-likeness (QED) is 0.157. The molecule has 3 heterocycles. The van der Waals surface area contributed by atoms with Gasteiger partial charge in [-0.1, -0.05) is 170 Å². The van der Waals surface area contributed by atoms with Gasteiger partial charge in [0, 0.05) is 42.1 Å². The van der Waals surface area contributed by atoms with Crippen molar-refractivity contribution in [1.82, 2.24) is 9.55 Å². The van der Waals surface area contributed by atoms with Gasteiger partial charge in [-0.05, 0) is 105 Å². The van der Waals surface area contributed by atoms with Crippen LogP contribution in [0, 0.1) is 0 Å². The Balaban J connectivity index is 1.16. The normalized spacial score (nSPS) is 11.5. The number of para-hydroxylation sites is 1. The molecule has 62 heavy (non-hydrogen) atoms. The summed E-state index contributed by atoms with van der Waals surface area (Å²) >= 11 is 1.87. The number of aromatic nitrogens is 2. The molecule has 0 bridgehead atoms. The molecule has 0 atom stereocenters. The van der Waals surface area contributed by atoms with Crippen LogP contribution < -0.4 is 0 Å². The molecule has 0 fully saturated rings. The zero-order chi connectivity index (χ0) is 41.0. The van der Waals surface area contributed by atoms with Gasteiger partial charge in [0.05, 0.1) is 28.1 Å². The predicted octanol–water partition coefficient (Wildman–Crippen LogP) is 16.5. The van der Waals surface area contributed by atoms with Gasteiger partial charge in [-0.15, -0.1) is 11.3 Å². The van der Waals surface area contributed by atoms with Gasteiger partial charge in [-0.25, -0.2) is 4.98 Å². The standard InChI is InChI=1S/C59H38N2S/c1-5-17-39(18-6-1)44-35-45(40-19-7-2-8-20-40)37-46(36-44)59-54(61-52-27-15-13-25-48(52)57-53(61)33-34-56-58(57)49-26-14-16-28-55(49)62-56)32-31-51(60-59)43-29-30-47(41-21-9-3-10-22-41)50(38-43)42-23-11-4-12-24-42/h1-38H. The molecule has 0 aliphatic rings. The molecule has 290 valence electrons. The summed E-state index contributed by atoms with van der Waals surface area (Å²) in [6.45, 7) is 0. The van der Waals surface area contributed by atoms with E-state index in [1.807, 2.05) is 11.3 Å². The fourth-order valence-electron chi connectivity index (χ4n) is 9.33. The van der Waals surface area contributed by atoms with Crippen molar-refractivity contribution in [3.05, 3.63) is 231 Å². The Morgan fingerprint density at radius 2 is 0.887 bits per heavy atom. The lowest BCUT2D eigenvalue weighted by atomic mass is 9.91.